The molecule has 1 amide bonds. The van der Waals surface area contributed by atoms with Crippen molar-refractivity contribution >= 4 is 17.5 Å². The minimum absolute atomic E-state index is 0.207. The molecule has 2 aromatic rings. The summed E-state index contributed by atoms with van der Waals surface area (Å²) in [6.45, 7) is 12.4. The molecule has 1 aliphatic rings. The van der Waals surface area contributed by atoms with E-state index in [0.29, 0.717) is 29.9 Å². The molecule has 0 spiro atoms. The average Bonchev–Trinajstić information content (AvgIpc) is 2.73. The van der Waals surface area contributed by atoms with Gasteiger partial charge in [-0.05, 0) is 37.0 Å². The Morgan fingerprint density at radius 3 is 2.52 bits per heavy atom. The van der Waals surface area contributed by atoms with E-state index in [-0.39, 0.29) is 5.91 Å². The van der Waals surface area contributed by atoms with Crippen molar-refractivity contribution in [3.63, 3.8) is 0 Å². The van der Waals surface area contributed by atoms with E-state index < -0.39 is 0 Å². The molecule has 156 valence electrons. The van der Waals surface area contributed by atoms with Gasteiger partial charge in [0.05, 0.1) is 7.11 Å². The molecule has 29 heavy (non-hydrogen) atoms. The number of piperazine rings is 1. The summed E-state index contributed by atoms with van der Waals surface area (Å²) in [5.41, 5.74) is 4.30. The van der Waals surface area contributed by atoms with Crippen LogP contribution in [0.4, 0.5) is 11.6 Å². The van der Waals surface area contributed by atoms with Gasteiger partial charge in [0.15, 0.2) is 0 Å². The largest absolute Gasteiger partial charge is 0.480 e. The quantitative estimate of drug-likeness (QED) is 0.808. The Kier molecular flexibility index (Phi) is 6.56. The number of aromatic nitrogens is 2. The Balaban J connectivity index is 1.69. The maximum absolute atomic E-state index is 12.4. The number of anilines is 2. The zero-order chi connectivity index (χ0) is 21.0. The maximum atomic E-state index is 12.4. The van der Waals surface area contributed by atoms with Gasteiger partial charge in [-0.2, -0.15) is 4.98 Å². The number of carbonyl (C=O) groups excluding carboxylic acids is 1. The number of hydrogen-bond acceptors (Lipinski definition) is 6. The van der Waals surface area contributed by atoms with Crippen molar-refractivity contribution in [2.24, 2.45) is 5.92 Å². The summed E-state index contributed by atoms with van der Waals surface area (Å²) >= 11 is 0. The molecule has 0 bridgehead atoms. The molecule has 0 unspecified atom stereocenters. The van der Waals surface area contributed by atoms with Crippen LogP contribution in [0.2, 0.25) is 0 Å². The van der Waals surface area contributed by atoms with Gasteiger partial charge in [-0.15, -0.1) is 0 Å². The Morgan fingerprint density at radius 2 is 1.86 bits per heavy atom. The van der Waals surface area contributed by atoms with Gasteiger partial charge in [0.1, 0.15) is 5.56 Å². The zero-order valence-electron chi connectivity index (χ0n) is 18.0. The topological polar surface area (TPSA) is 70.6 Å². The number of aryl methyl sites for hydroxylation is 1. The fourth-order valence-corrected chi connectivity index (χ4v) is 3.44. The Morgan fingerprint density at radius 1 is 1.17 bits per heavy atom. The molecule has 0 radical (unpaired) electrons. The summed E-state index contributed by atoms with van der Waals surface area (Å²) in [7, 11) is 1.53. The molecule has 3 rings (SSSR count). The van der Waals surface area contributed by atoms with Crippen molar-refractivity contribution in [2.75, 3.05) is 49.6 Å². The van der Waals surface area contributed by atoms with Gasteiger partial charge in [-0.3, -0.25) is 4.79 Å². The number of nitrogens with one attached hydrogen (secondary N) is 1. The van der Waals surface area contributed by atoms with E-state index in [1.807, 2.05) is 0 Å². The first kappa shape index (κ1) is 20.9. The molecule has 7 nitrogen and oxygen atoms in total. The van der Waals surface area contributed by atoms with E-state index in [4.69, 9.17) is 4.74 Å². The van der Waals surface area contributed by atoms with Crippen molar-refractivity contribution in [1.82, 2.24) is 15.3 Å². The van der Waals surface area contributed by atoms with Gasteiger partial charge in [-0.25, -0.2) is 4.98 Å². The van der Waals surface area contributed by atoms with Crippen LogP contribution in [0, 0.1) is 19.8 Å². The number of benzene rings is 1. The van der Waals surface area contributed by atoms with Crippen LogP contribution in [0.1, 0.15) is 35.3 Å². The number of amides is 1. The predicted molar refractivity (Wildman–Crippen MR) is 116 cm³/mol. The first-order valence-electron chi connectivity index (χ1n) is 10.2. The molecule has 0 aliphatic carbocycles. The van der Waals surface area contributed by atoms with E-state index in [0.717, 1.165) is 26.2 Å². The number of nitrogens with zero attached hydrogens (tertiary/aromatic N) is 4. The van der Waals surface area contributed by atoms with Gasteiger partial charge >= 0.3 is 0 Å². The van der Waals surface area contributed by atoms with E-state index in [1.54, 1.807) is 6.20 Å². The minimum Gasteiger partial charge on any atom is -0.480 e. The SMILES string of the molecule is COc1nc(N2CCN(c3cccc(C)c3C)CC2)ncc1C(=O)NCC(C)C. The van der Waals surface area contributed by atoms with Crippen LogP contribution in [0.3, 0.4) is 0 Å². The highest BCUT2D eigenvalue weighted by atomic mass is 16.5. The summed E-state index contributed by atoms with van der Waals surface area (Å²) < 4.78 is 5.38. The van der Waals surface area contributed by atoms with E-state index in [9.17, 15) is 4.79 Å². The van der Waals surface area contributed by atoms with Gasteiger partial charge in [0.2, 0.25) is 11.8 Å². The molecule has 1 fully saturated rings. The molecule has 0 atom stereocenters. The molecule has 1 N–H and O–H groups in total. The lowest BCUT2D eigenvalue weighted by atomic mass is 10.1. The molecular formula is C22H31N5O2. The summed E-state index contributed by atoms with van der Waals surface area (Å²) in [5.74, 6) is 1.08. The number of carbonyl (C=O) groups is 1. The smallest absolute Gasteiger partial charge is 0.258 e. The zero-order valence-corrected chi connectivity index (χ0v) is 18.0. The lowest BCUT2D eigenvalue weighted by Gasteiger charge is -2.37. The third-order valence-corrected chi connectivity index (χ3v) is 5.33. The van der Waals surface area contributed by atoms with Crippen LogP contribution < -0.4 is 19.9 Å². The first-order valence-corrected chi connectivity index (χ1v) is 10.2. The normalized spacial score (nSPS) is 14.3. The molecule has 1 aromatic carbocycles. The van der Waals surface area contributed by atoms with Crippen LogP contribution in [0.25, 0.3) is 0 Å². The van der Waals surface area contributed by atoms with Crippen molar-refractivity contribution in [2.45, 2.75) is 27.7 Å². The second-order valence-corrected chi connectivity index (χ2v) is 7.89. The van der Waals surface area contributed by atoms with Gasteiger partial charge < -0.3 is 19.9 Å². The van der Waals surface area contributed by atoms with Gasteiger partial charge in [0, 0.05) is 44.6 Å². The fourth-order valence-electron chi connectivity index (χ4n) is 3.44. The summed E-state index contributed by atoms with van der Waals surface area (Å²) in [4.78, 5) is 25.9. The Hall–Kier alpha value is -2.83. The van der Waals surface area contributed by atoms with Crippen LogP contribution in [0.15, 0.2) is 24.4 Å². The van der Waals surface area contributed by atoms with E-state index in [1.165, 1.54) is 23.9 Å². The molecule has 1 aromatic heterocycles. The third-order valence-electron chi connectivity index (χ3n) is 5.33. The van der Waals surface area contributed by atoms with Crippen molar-refractivity contribution < 1.29 is 9.53 Å². The molecular weight excluding hydrogens is 366 g/mol. The second-order valence-electron chi connectivity index (χ2n) is 7.89. The summed E-state index contributed by atoms with van der Waals surface area (Å²) in [6, 6.07) is 6.44. The predicted octanol–water partition coefficient (Wildman–Crippen LogP) is 2.81. The third kappa shape index (κ3) is 4.78. The van der Waals surface area contributed by atoms with E-state index >= 15 is 0 Å². The monoisotopic (exact) mass is 397 g/mol. The summed E-state index contributed by atoms with van der Waals surface area (Å²) in [6.07, 6.45) is 1.56. The van der Waals surface area contributed by atoms with Crippen molar-refractivity contribution in [1.29, 1.82) is 0 Å². The number of hydrogen-bond donors (Lipinski definition) is 1. The highest BCUT2D eigenvalue weighted by molar-refractivity contribution is 5.96. The average molecular weight is 398 g/mol. The molecule has 7 heteroatoms. The molecule has 1 saturated heterocycles. The second kappa shape index (κ2) is 9.11. The fraction of sp³-hybridized carbons (Fsp3) is 0.500. The number of ether oxygens (including phenoxy) is 1. The van der Waals surface area contributed by atoms with Crippen LogP contribution in [0.5, 0.6) is 5.88 Å². The molecule has 2 heterocycles. The minimum atomic E-state index is -0.207. The molecule has 1 aliphatic heterocycles. The lowest BCUT2D eigenvalue weighted by Crippen LogP contribution is -2.47. The van der Waals surface area contributed by atoms with E-state index in [2.05, 4.69) is 71.0 Å². The molecule has 0 saturated carbocycles. The number of rotatable bonds is 6. The lowest BCUT2D eigenvalue weighted by molar-refractivity contribution is 0.0945. The van der Waals surface area contributed by atoms with Crippen molar-refractivity contribution in [3.05, 3.63) is 41.1 Å². The van der Waals surface area contributed by atoms with Gasteiger partial charge in [-0.1, -0.05) is 26.0 Å². The first-order chi connectivity index (χ1) is 13.9. The standard InChI is InChI=1S/C22H31N5O2/c1-15(2)13-23-20(28)18-14-24-22(25-21(18)29-5)27-11-9-26(10-12-27)19-8-6-7-16(3)17(19)4/h6-8,14-15H,9-13H2,1-5H3,(H,23,28). The van der Waals surface area contributed by atoms with Crippen LogP contribution in [-0.2, 0) is 0 Å². The highest BCUT2D eigenvalue weighted by Gasteiger charge is 2.23. The summed E-state index contributed by atoms with van der Waals surface area (Å²) in [5, 5.41) is 2.89. The van der Waals surface area contributed by atoms with Crippen LogP contribution >= 0.6 is 0 Å². The maximum Gasteiger partial charge on any atom is 0.258 e. The Bertz CT molecular complexity index is 860. The van der Waals surface area contributed by atoms with Gasteiger partial charge in [0.25, 0.3) is 5.91 Å². The Labute approximate surface area is 173 Å². The number of methoxy groups -OCH3 is 1. The van der Waals surface area contributed by atoms with Crippen LogP contribution in [-0.4, -0.2) is 55.7 Å². The highest BCUT2D eigenvalue weighted by Crippen LogP contribution is 2.25. The van der Waals surface area contributed by atoms with Crippen molar-refractivity contribution in [3.8, 4) is 5.88 Å².